The van der Waals surface area contributed by atoms with Crippen molar-refractivity contribution in [3.63, 3.8) is 0 Å². The summed E-state index contributed by atoms with van der Waals surface area (Å²) in [7, 11) is 0. The third kappa shape index (κ3) is 0.320. The summed E-state index contributed by atoms with van der Waals surface area (Å²) < 4.78 is 0. The third-order valence-electron chi connectivity index (χ3n) is 1.22. The summed E-state index contributed by atoms with van der Waals surface area (Å²) in [6.45, 7) is 0. The van der Waals surface area contributed by atoms with Crippen molar-refractivity contribution in [3.05, 3.63) is 24.2 Å². The minimum absolute atomic E-state index is 1.05. The lowest BCUT2D eigenvalue weighted by atomic mass is 10.3. The highest BCUT2D eigenvalue weighted by atomic mass is 14.9. The SMILES string of the molecule is C1=Cc2c[nH]cc2[N]1. The van der Waals surface area contributed by atoms with E-state index in [9.17, 15) is 0 Å². The summed E-state index contributed by atoms with van der Waals surface area (Å²) in [5.41, 5.74) is 2.23. The second-order valence-electron chi connectivity index (χ2n) is 1.74. The smallest absolute Gasteiger partial charge is 0.0876 e. The van der Waals surface area contributed by atoms with Crippen LogP contribution in [-0.2, 0) is 0 Å². The van der Waals surface area contributed by atoms with Gasteiger partial charge in [-0.2, -0.15) is 0 Å². The Morgan fingerprint density at radius 3 is 3.25 bits per heavy atom. The van der Waals surface area contributed by atoms with E-state index in [2.05, 4.69) is 10.3 Å². The summed E-state index contributed by atoms with van der Waals surface area (Å²) in [6, 6.07) is 0. The topological polar surface area (TPSA) is 29.9 Å². The number of nitrogens with zero attached hydrogens (tertiary/aromatic N) is 1. The molecule has 0 aliphatic carbocycles. The number of rotatable bonds is 0. The van der Waals surface area contributed by atoms with Crippen LogP contribution in [0.25, 0.3) is 6.08 Å². The van der Waals surface area contributed by atoms with Crippen molar-refractivity contribution < 1.29 is 0 Å². The van der Waals surface area contributed by atoms with Crippen LogP contribution < -0.4 is 5.32 Å². The van der Waals surface area contributed by atoms with Crippen LogP contribution in [0.3, 0.4) is 0 Å². The van der Waals surface area contributed by atoms with Gasteiger partial charge < -0.3 is 4.98 Å². The lowest BCUT2D eigenvalue weighted by Crippen LogP contribution is -1.74. The Kier molecular flexibility index (Phi) is 0.545. The number of H-pyrrole nitrogens is 1. The molecular formula is C6H5N2. The quantitative estimate of drug-likeness (QED) is 0.514. The Morgan fingerprint density at radius 1 is 1.38 bits per heavy atom. The van der Waals surface area contributed by atoms with E-state index in [1.165, 1.54) is 5.56 Å². The van der Waals surface area contributed by atoms with Crippen molar-refractivity contribution in [2.24, 2.45) is 0 Å². The highest BCUT2D eigenvalue weighted by Crippen LogP contribution is 2.20. The lowest BCUT2D eigenvalue weighted by molar-refractivity contribution is 1.21. The van der Waals surface area contributed by atoms with Crippen molar-refractivity contribution in [2.45, 2.75) is 0 Å². The molecule has 0 saturated heterocycles. The molecule has 0 amide bonds. The fraction of sp³-hybridized carbons (Fsp3) is 0. The first-order valence-corrected chi connectivity index (χ1v) is 2.51. The first kappa shape index (κ1) is 3.78. The van der Waals surface area contributed by atoms with Crippen LogP contribution in [0.15, 0.2) is 18.6 Å². The first-order chi connectivity index (χ1) is 3.97. The molecule has 0 spiro atoms. The number of fused-ring (bicyclic) bond motifs is 1. The van der Waals surface area contributed by atoms with E-state index in [0.717, 1.165) is 5.69 Å². The molecule has 1 radical (unpaired) electrons. The minimum atomic E-state index is 1.05. The number of aromatic amines is 1. The van der Waals surface area contributed by atoms with Gasteiger partial charge >= 0.3 is 0 Å². The van der Waals surface area contributed by atoms with Crippen molar-refractivity contribution >= 4 is 11.8 Å². The Hall–Kier alpha value is -1.18. The molecular weight excluding hydrogens is 100 g/mol. The lowest BCUT2D eigenvalue weighted by Gasteiger charge is -1.80. The predicted molar refractivity (Wildman–Crippen MR) is 31.6 cm³/mol. The van der Waals surface area contributed by atoms with E-state index in [0.29, 0.717) is 0 Å². The number of hydrogen-bond donors (Lipinski definition) is 1. The fourth-order valence-corrected chi connectivity index (χ4v) is 0.811. The summed E-state index contributed by atoms with van der Waals surface area (Å²) in [5.74, 6) is 0. The van der Waals surface area contributed by atoms with Gasteiger partial charge in [0.15, 0.2) is 0 Å². The van der Waals surface area contributed by atoms with Crippen LogP contribution >= 0.6 is 0 Å². The molecule has 1 N–H and O–H groups in total. The molecule has 0 bridgehead atoms. The molecule has 2 heteroatoms. The van der Waals surface area contributed by atoms with Gasteiger partial charge in [0, 0.05) is 24.2 Å². The molecule has 0 unspecified atom stereocenters. The molecule has 1 aromatic heterocycles. The maximum atomic E-state index is 4.05. The molecule has 1 aliphatic heterocycles. The van der Waals surface area contributed by atoms with Gasteiger partial charge in [0.25, 0.3) is 0 Å². The van der Waals surface area contributed by atoms with E-state index in [1.807, 2.05) is 18.5 Å². The van der Waals surface area contributed by atoms with Crippen molar-refractivity contribution in [2.75, 3.05) is 0 Å². The molecule has 8 heavy (non-hydrogen) atoms. The zero-order valence-electron chi connectivity index (χ0n) is 4.26. The summed E-state index contributed by atoms with van der Waals surface area (Å²) in [5, 5.41) is 4.05. The van der Waals surface area contributed by atoms with Gasteiger partial charge in [0.05, 0.1) is 5.69 Å². The van der Waals surface area contributed by atoms with Crippen molar-refractivity contribution in [1.82, 2.24) is 10.3 Å². The van der Waals surface area contributed by atoms with Gasteiger partial charge in [-0.15, -0.1) is 0 Å². The second-order valence-corrected chi connectivity index (χ2v) is 1.74. The van der Waals surface area contributed by atoms with E-state index in [-0.39, 0.29) is 0 Å². The monoisotopic (exact) mass is 105 g/mol. The summed E-state index contributed by atoms with van der Waals surface area (Å²) in [4.78, 5) is 2.96. The zero-order valence-corrected chi connectivity index (χ0v) is 4.26. The molecule has 2 rings (SSSR count). The van der Waals surface area contributed by atoms with Crippen LogP contribution in [0.5, 0.6) is 0 Å². The third-order valence-corrected chi connectivity index (χ3v) is 1.22. The molecule has 1 aromatic rings. The maximum absolute atomic E-state index is 4.05. The molecule has 2 nitrogen and oxygen atoms in total. The average molecular weight is 105 g/mol. The molecule has 0 saturated carbocycles. The zero-order chi connectivity index (χ0) is 5.40. The van der Waals surface area contributed by atoms with Crippen molar-refractivity contribution in [3.8, 4) is 0 Å². The number of aromatic nitrogens is 1. The number of nitrogens with one attached hydrogen (secondary N) is 1. The van der Waals surface area contributed by atoms with Crippen LogP contribution in [0.4, 0.5) is 5.69 Å². The molecule has 2 heterocycles. The van der Waals surface area contributed by atoms with Gasteiger partial charge in [0.1, 0.15) is 0 Å². The summed E-state index contributed by atoms with van der Waals surface area (Å²) >= 11 is 0. The standard InChI is InChI=1S/C6H5N2/c1-2-8-6-4-7-3-5(1)6/h1-4,7H. The Labute approximate surface area is 47.2 Å². The molecule has 0 atom stereocenters. The largest absolute Gasteiger partial charge is 0.365 e. The van der Waals surface area contributed by atoms with E-state index >= 15 is 0 Å². The first-order valence-electron chi connectivity index (χ1n) is 2.51. The maximum Gasteiger partial charge on any atom is 0.0876 e. The van der Waals surface area contributed by atoms with Gasteiger partial charge in [-0.25, -0.2) is 0 Å². The molecule has 0 fully saturated rings. The average Bonchev–Trinajstić information content (AvgIpc) is 2.15. The molecule has 0 aromatic carbocycles. The van der Waals surface area contributed by atoms with Crippen LogP contribution in [0.1, 0.15) is 5.56 Å². The van der Waals surface area contributed by atoms with Gasteiger partial charge in [0.2, 0.25) is 0 Å². The Morgan fingerprint density at radius 2 is 2.38 bits per heavy atom. The number of hydrogen-bond acceptors (Lipinski definition) is 0. The van der Waals surface area contributed by atoms with Crippen LogP contribution in [0, 0.1) is 0 Å². The highest BCUT2D eigenvalue weighted by Gasteiger charge is 2.03. The fourth-order valence-electron chi connectivity index (χ4n) is 0.811. The minimum Gasteiger partial charge on any atom is -0.365 e. The Bertz CT molecular complexity index is 222. The van der Waals surface area contributed by atoms with Gasteiger partial charge in [-0.3, -0.25) is 5.32 Å². The van der Waals surface area contributed by atoms with Crippen molar-refractivity contribution in [1.29, 1.82) is 0 Å². The highest BCUT2D eigenvalue weighted by molar-refractivity contribution is 5.67. The predicted octanol–water partition coefficient (Wildman–Crippen LogP) is 1.23. The van der Waals surface area contributed by atoms with Crippen LogP contribution in [0.2, 0.25) is 0 Å². The van der Waals surface area contributed by atoms with Crippen LogP contribution in [-0.4, -0.2) is 4.98 Å². The Balaban J connectivity index is 2.67. The summed E-state index contributed by atoms with van der Waals surface area (Å²) in [6.07, 6.45) is 7.60. The molecule has 1 aliphatic rings. The second kappa shape index (κ2) is 1.15. The molecule has 39 valence electrons. The normalized spacial score (nSPS) is 13.5. The van der Waals surface area contributed by atoms with Gasteiger partial charge in [-0.1, -0.05) is 0 Å². The van der Waals surface area contributed by atoms with E-state index < -0.39 is 0 Å². The van der Waals surface area contributed by atoms with Gasteiger partial charge in [-0.05, 0) is 6.08 Å². The van der Waals surface area contributed by atoms with E-state index in [4.69, 9.17) is 0 Å². The van der Waals surface area contributed by atoms with E-state index in [1.54, 1.807) is 6.20 Å².